The Morgan fingerprint density at radius 3 is 2.74 bits per heavy atom. The van der Waals surface area contributed by atoms with E-state index in [0.717, 1.165) is 18.5 Å². The molecule has 6 heteroatoms. The number of benzene rings is 2. The summed E-state index contributed by atoms with van der Waals surface area (Å²) in [5.41, 5.74) is 2.12. The van der Waals surface area contributed by atoms with E-state index in [4.69, 9.17) is 9.47 Å². The number of carbonyl (C=O) groups is 2. The van der Waals surface area contributed by atoms with Crippen molar-refractivity contribution in [2.75, 3.05) is 25.6 Å². The van der Waals surface area contributed by atoms with Gasteiger partial charge in [-0.2, -0.15) is 0 Å². The second-order valence-corrected chi connectivity index (χ2v) is 6.37. The van der Waals surface area contributed by atoms with E-state index < -0.39 is 0 Å². The number of hydrogen-bond acceptors (Lipinski definition) is 4. The van der Waals surface area contributed by atoms with Crippen molar-refractivity contribution in [3.63, 3.8) is 0 Å². The van der Waals surface area contributed by atoms with Crippen LogP contribution in [-0.2, 0) is 11.3 Å². The minimum Gasteiger partial charge on any atom is -0.493 e. The predicted octanol–water partition coefficient (Wildman–Crippen LogP) is 3.47. The predicted molar refractivity (Wildman–Crippen MR) is 103 cm³/mol. The number of amides is 2. The van der Waals surface area contributed by atoms with Crippen LogP contribution in [0.1, 0.15) is 35.7 Å². The van der Waals surface area contributed by atoms with Gasteiger partial charge in [-0.1, -0.05) is 12.1 Å². The molecule has 2 aromatic rings. The third-order valence-corrected chi connectivity index (χ3v) is 4.46. The van der Waals surface area contributed by atoms with Crippen molar-refractivity contribution < 1.29 is 19.1 Å². The van der Waals surface area contributed by atoms with Crippen LogP contribution >= 0.6 is 0 Å². The van der Waals surface area contributed by atoms with E-state index in [-0.39, 0.29) is 11.8 Å². The van der Waals surface area contributed by atoms with Crippen LogP contribution in [0.5, 0.6) is 11.5 Å². The molecule has 0 aromatic heterocycles. The van der Waals surface area contributed by atoms with E-state index in [0.29, 0.717) is 42.3 Å². The maximum absolute atomic E-state index is 12.6. The minimum atomic E-state index is -0.212. The Balaban J connectivity index is 1.70. The standard InChI is InChI=1S/C21H24N2O4/c1-3-27-18-10-9-17(13-19(18)26-2)22-21(25)16-7-4-6-15(12-16)14-23-11-5-8-20(23)24/h4,6-7,9-10,12-13H,3,5,8,11,14H2,1-2H3,(H,22,25). The molecule has 0 atom stereocenters. The molecule has 1 saturated heterocycles. The average Bonchev–Trinajstić information content (AvgIpc) is 3.08. The zero-order valence-corrected chi connectivity index (χ0v) is 15.7. The number of rotatable bonds is 7. The molecule has 0 radical (unpaired) electrons. The second kappa shape index (κ2) is 8.58. The van der Waals surface area contributed by atoms with Gasteiger partial charge in [-0.05, 0) is 43.2 Å². The van der Waals surface area contributed by atoms with Crippen molar-refractivity contribution >= 4 is 17.5 Å². The van der Waals surface area contributed by atoms with Crippen molar-refractivity contribution in [2.45, 2.75) is 26.3 Å². The van der Waals surface area contributed by atoms with Gasteiger partial charge in [0.05, 0.1) is 13.7 Å². The lowest BCUT2D eigenvalue weighted by atomic mass is 10.1. The van der Waals surface area contributed by atoms with Crippen LogP contribution in [0.4, 0.5) is 5.69 Å². The molecule has 0 bridgehead atoms. The summed E-state index contributed by atoms with van der Waals surface area (Å²) in [6.07, 6.45) is 1.51. The fourth-order valence-corrected chi connectivity index (χ4v) is 3.13. The summed E-state index contributed by atoms with van der Waals surface area (Å²) in [5, 5.41) is 2.88. The Labute approximate surface area is 159 Å². The van der Waals surface area contributed by atoms with Gasteiger partial charge < -0.3 is 19.7 Å². The van der Waals surface area contributed by atoms with Crippen molar-refractivity contribution in [3.8, 4) is 11.5 Å². The summed E-state index contributed by atoms with van der Waals surface area (Å²) in [6.45, 7) is 3.75. The Kier molecular flexibility index (Phi) is 5.96. The summed E-state index contributed by atoms with van der Waals surface area (Å²) >= 11 is 0. The lowest BCUT2D eigenvalue weighted by Gasteiger charge is -2.16. The summed E-state index contributed by atoms with van der Waals surface area (Å²) in [5.74, 6) is 1.16. The maximum Gasteiger partial charge on any atom is 0.255 e. The van der Waals surface area contributed by atoms with E-state index >= 15 is 0 Å². The number of likely N-dealkylation sites (tertiary alicyclic amines) is 1. The van der Waals surface area contributed by atoms with Crippen LogP contribution in [0.15, 0.2) is 42.5 Å². The fourth-order valence-electron chi connectivity index (χ4n) is 3.13. The molecule has 2 amide bonds. The summed E-state index contributed by atoms with van der Waals surface area (Å²) in [4.78, 5) is 26.2. The smallest absolute Gasteiger partial charge is 0.255 e. The highest BCUT2D eigenvalue weighted by Gasteiger charge is 2.20. The summed E-state index contributed by atoms with van der Waals surface area (Å²) in [7, 11) is 1.56. The second-order valence-electron chi connectivity index (χ2n) is 6.37. The van der Waals surface area contributed by atoms with E-state index in [1.54, 1.807) is 31.4 Å². The lowest BCUT2D eigenvalue weighted by Crippen LogP contribution is -2.24. The van der Waals surface area contributed by atoms with Gasteiger partial charge >= 0.3 is 0 Å². The van der Waals surface area contributed by atoms with Gasteiger partial charge in [0.2, 0.25) is 5.91 Å². The number of hydrogen-bond donors (Lipinski definition) is 1. The maximum atomic E-state index is 12.6. The van der Waals surface area contributed by atoms with Gasteiger partial charge in [0, 0.05) is 36.8 Å². The van der Waals surface area contributed by atoms with Crippen LogP contribution < -0.4 is 14.8 Å². The summed E-state index contributed by atoms with van der Waals surface area (Å²) < 4.78 is 10.8. The number of methoxy groups -OCH3 is 1. The number of nitrogens with one attached hydrogen (secondary N) is 1. The van der Waals surface area contributed by atoms with Crippen molar-refractivity contribution in [1.29, 1.82) is 0 Å². The third-order valence-electron chi connectivity index (χ3n) is 4.46. The highest BCUT2D eigenvalue weighted by Crippen LogP contribution is 2.30. The molecule has 142 valence electrons. The van der Waals surface area contributed by atoms with Gasteiger partial charge in [-0.15, -0.1) is 0 Å². The minimum absolute atomic E-state index is 0.173. The largest absolute Gasteiger partial charge is 0.493 e. The molecule has 2 aromatic carbocycles. The van der Waals surface area contributed by atoms with Crippen LogP contribution in [0.25, 0.3) is 0 Å². The first kappa shape index (κ1) is 18.8. The van der Waals surface area contributed by atoms with Gasteiger partial charge in [0.25, 0.3) is 5.91 Å². The average molecular weight is 368 g/mol. The van der Waals surface area contributed by atoms with Crippen LogP contribution in [-0.4, -0.2) is 37.0 Å². The van der Waals surface area contributed by atoms with Gasteiger partial charge in [-0.3, -0.25) is 9.59 Å². The monoisotopic (exact) mass is 368 g/mol. The Bertz CT molecular complexity index is 835. The molecule has 0 saturated carbocycles. The zero-order chi connectivity index (χ0) is 19.2. The van der Waals surface area contributed by atoms with Crippen LogP contribution in [0.2, 0.25) is 0 Å². The first-order valence-corrected chi connectivity index (χ1v) is 9.09. The van der Waals surface area contributed by atoms with Crippen LogP contribution in [0, 0.1) is 0 Å². The fraction of sp³-hybridized carbons (Fsp3) is 0.333. The van der Waals surface area contributed by atoms with Gasteiger partial charge in [0.1, 0.15) is 0 Å². The molecule has 0 aliphatic carbocycles. The molecule has 1 aliphatic rings. The molecule has 1 heterocycles. The first-order valence-electron chi connectivity index (χ1n) is 9.09. The van der Waals surface area contributed by atoms with Crippen molar-refractivity contribution in [2.24, 2.45) is 0 Å². The number of nitrogens with zero attached hydrogens (tertiary/aromatic N) is 1. The Hall–Kier alpha value is -3.02. The van der Waals surface area contributed by atoms with E-state index in [2.05, 4.69) is 5.32 Å². The van der Waals surface area contributed by atoms with Gasteiger partial charge in [-0.25, -0.2) is 0 Å². The molecule has 0 spiro atoms. The molecule has 27 heavy (non-hydrogen) atoms. The molecule has 0 unspecified atom stereocenters. The normalized spacial score (nSPS) is 13.6. The van der Waals surface area contributed by atoms with Crippen molar-refractivity contribution in [3.05, 3.63) is 53.6 Å². The van der Waals surface area contributed by atoms with Crippen LogP contribution in [0.3, 0.4) is 0 Å². The van der Waals surface area contributed by atoms with Gasteiger partial charge in [0.15, 0.2) is 11.5 Å². The topological polar surface area (TPSA) is 67.9 Å². The SMILES string of the molecule is CCOc1ccc(NC(=O)c2cccc(CN3CCCC3=O)c2)cc1OC. The molecule has 1 aliphatic heterocycles. The van der Waals surface area contributed by atoms with E-state index in [1.165, 1.54) is 0 Å². The number of ether oxygens (including phenoxy) is 2. The molecular formula is C21H24N2O4. The molecular weight excluding hydrogens is 344 g/mol. The Morgan fingerprint density at radius 2 is 2.04 bits per heavy atom. The molecule has 1 N–H and O–H groups in total. The molecule has 3 rings (SSSR count). The highest BCUT2D eigenvalue weighted by molar-refractivity contribution is 6.04. The number of carbonyl (C=O) groups excluding carboxylic acids is 2. The zero-order valence-electron chi connectivity index (χ0n) is 15.7. The lowest BCUT2D eigenvalue weighted by molar-refractivity contribution is -0.128. The number of anilines is 1. The quantitative estimate of drug-likeness (QED) is 0.813. The van der Waals surface area contributed by atoms with E-state index in [9.17, 15) is 9.59 Å². The first-order chi connectivity index (χ1) is 13.1. The highest BCUT2D eigenvalue weighted by atomic mass is 16.5. The molecule has 6 nitrogen and oxygen atoms in total. The molecule has 1 fully saturated rings. The Morgan fingerprint density at radius 1 is 1.19 bits per heavy atom. The van der Waals surface area contributed by atoms with Crippen molar-refractivity contribution in [1.82, 2.24) is 4.90 Å². The summed E-state index contributed by atoms with van der Waals surface area (Å²) in [6, 6.07) is 12.6. The van der Waals surface area contributed by atoms with E-state index in [1.807, 2.05) is 30.0 Å². The third kappa shape index (κ3) is 4.58.